The van der Waals surface area contributed by atoms with Gasteiger partial charge >= 0.3 is 0 Å². The highest BCUT2D eigenvalue weighted by Crippen LogP contribution is 2.28. The van der Waals surface area contributed by atoms with E-state index in [0.29, 0.717) is 36.6 Å². The average Bonchev–Trinajstić information content (AvgIpc) is 3.21. The van der Waals surface area contributed by atoms with Gasteiger partial charge < -0.3 is 15.4 Å². The number of anilines is 2. The van der Waals surface area contributed by atoms with Crippen molar-refractivity contribution in [3.05, 3.63) is 48.5 Å². The summed E-state index contributed by atoms with van der Waals surface area (Å²) < 4.78 is 32.8. The van der Waals surface area contributed by atoms with Gasteiger partial charge in [-0.25, -0.2) is 8.42 Å². The van der Waals surface area contributed by atoms with Crippen molar-refractivity contribution in [2.45, 2.75) is 37.6 Å². The molecule has 3 rings (SSSR count). The highest BCUT2D eigenvalue weighted by molar-refractivity contribution is 7.89. The first kappa shape index (κ1) is 21.8. The first-order chi connectivity index (χ1) is 14.3. The number of rotatable bonds is 7. The van der Waals surface area contributed by atoms with Crippen LogP contribution in [0.15, 0.2) is 53.4 Å². The van der Waals surface area contributed by atoms with Gasteiger partial charge in [0.25, 0.3) is 0 Å². The average molecular weight is 432 g/mol. The predicted octanol–water partition coefficient (Wildman–Crippen LogP) is 2.84. The molecule has 9 heteroatoms. The Labute approximate surface area is 176 Å². The fraction of sp³-hybridized carbons (Fsp3) is 0.333. The van der Waals surface area contributed by atoms with Gasteiger partial charge in [0.05, 0.1) is 11.5 Å². The lowest BCUT2D eigenvalue weighted by atomic mass is 10.2. The molecule has 0 saturated carbocycles. The Bertz CT molecular complexity index is 1000. The zero-order valence-corrected chi connectivity index (χ0v) is 17.7. The third-order valence-electron chi connectivity index (χ3n) is 4.72. The molecule has 1 atom stereocenters. The molecule has 30 heavy (non-hydrogen) atoms. The Morgan fingerprint density at radius 1 is 1.03 bits per heavy atom. The van der Waals surface area contributed by atoms with Gasteiger partial charge in [-0.2, -0.15) is 4.31 Å². The van der Waals surface area contributed by atoms with E-state index in [1.54, 1.807) is 36.4 Å². The van der Waals surface area contributed by atoms with Crippen molar-refractivity contribution < 1.29 is 22.7 Å². The molecular formula is C21H25N3O5S. The fourth-order valence-electron chi connectivity index (χ4n) is 3.37. The molecule has 0 spiro atoms. The molecule has 1 aliphatic heterocycles. The smallest absolute Gasteiger partial charge is 0.243 e. The molecule has 1 saturated heterocycles. The van der Waals surface area contributed by atoms with E-state index >= 15 is 0 Å². The second kappa shape index (κ2) is 9.27. The lowest BCUT2D eigenvalue weighted by molar-refractivity contribution is -0.119. The van der Waals surface area contributed by atoms with Gasteiger partial charge in [0.15, 0.2) is 0 Å². The summed E-state index contributed by atoms with van der Waals surface area (Å²) in [5.41, 5.74) is 1.14. The van der Waals surface area contributed by atoms with E-state index in [4.69, 9.17) is 4.74 Å². The number of ether oxygens (including phenoxy) is 1. The third kappa shape index (κ3) is 4.98. The molecule has 1 unspecified atom stereocenters. The van der Waals surface area contributed by atoms with E-state index in [-0.39, 0.29) is 23.3 Å². The molecule has 0 radical (unpaired) electrons. The minimum absolute atomic E-state index is 0.130. The Balaban J connectivity index is 1.72. The number of carbonyl (C=O) groups excluding carboxylic acids is 2. The first-order valence-corrected chi connectivity index (χ1v) is 11.2. The normalized spacial score (nSPS) is 16.8. The van der Waals surface area contributed by atoms with Crippen molar-refractivity contribution in [2.24, 2.45) is 0 Å². The van der Waals surface area contributed by atoms with E-state index < -0.39 is 16.1 Å². The van der Waals surface area contributed by atoms with Crippen LogP contribution in [0.25, 0.3) is 0 Å². The summed E-state index contributed by atoms with van der Waals surface area (Å²) in [7, 11) is -3.81. The van der Waals surface area contributed by atoms with Crippen molar-refractivity contribution in [2.75, 3.05) is 23.8 Å². The summed E-state index contributed by atoms with van der Waals surface area (Å²) in [6.45, 7) is 4.04. The number of carbonyl (C=O) groups is 2. The molecule has 1 aliphatic rings. The predicted molar refractivity (Wildman–Crippen MR) is 114 cm³/mol. The maximum absolute atomic E-state index is 13.1. The summed E-state index contributed by atoms with van der Waals surface area (Å²) in [5, 5.41) is 5.42. The Kier molecular flexibility index (Phi) is 6.73. The van der Waals surface area contributed by atoms with Gasteiger partial charge in [0.1, 0.15) is 11.8 Å². The van der Waals surface area contributed by atoms with Crippen molar-refractivity contribution in [3.63, 3.8) is 0 Å². The van der Waals surface area contributed by atoms with E-state index in [2.05, 4.69) is 10.6 Å². The quantitative estimate of drug-likeness (QED) is 0.701. The largest absolute Gasteiger partial charge is 0.494 e. The molecule has 2 amide bonds. The van der Waals surface area contributed by atoms with Gasteiger partial charge in [0.2, 0.25) is 21.8 Å². The van der Waals surface area contributed by atoms with Gasteiger partial charge in [-0.3, -0.25) is 9.59 Å². The van der Waals surface area contributed by atoms with Gasteiger partial charge in [-0.05, 0) is 68.3 Å². The van der Waals surface area contributed by atoms with Crippen LogP contribution < -0.4 is 15.4 Å². The number of nitrogens with one attached hydrogen (secondary N) is 2. The van der Waals surface area contributed by atoms with Crippen molar-refractivity contribution in [3.8, 4) is 5.75 Å². The van der Waals surface area contributed by atoms with Crippen molar-refractivity contribution in [1.82, 2.24) is 4.31 Å². The number of nitrogens with zero attached hydrogens (tertiary/aromatic N) is 1. The third-order valence-corrected chi connectivity index (χ3v) is 6.64. The summed E-state index contributed by atoms with van der Waals surface area (Å²) >= 11 is 0. The molecule has 8 nitrogen and oxygen atoms in total. The van der Waals surface area contributed by atoms with Gasteiger partial charge in [-0.1, -0.05) is 0 Å². The van der Waals surface area contributed by atoms with Crippen LogP contribution in [0.3, 0.4) is 0 Å². The highest BCUT2D eigenvalue weighted by atomic mass is 32.2. The van der Waals surface area contributed by atoms with Crippen LogP contribution in [0.1, 0.15) is 26.7 Å². The molecular weight excluding hydrogens is 406 g/mol. The highest BCUT2D eigenvalue weighted by Gasteiger charge is 2.39. The Hall–Kier alpha value is -2.91. The maximum atomic E-state index is 13.1. The number of sulfonamides is 1. The van der Waals surface area contributed by atoms with Gasteiger partial charge in [0, 0.05) is 24.8 Å². The number of hydrogen-bond donors (Lipinski definition) is 2. The summed E-state index contributed by atoms with van der Waals surface area (Å²) in [4.78, 5) is 24.0. The molecule has 160 valence electrons. The van der Waals surface area contributed by atoms with E-state index in [1.165, 1.54) is 23.4 Å². The van der Waals surface area contributed by atoms with E-state index in [0.717, 1.165) is 0 Å². The SMILES string of the molecule is CCOc1ccc(S(=O)(=O)N2CCCC2C(=O)Nc2ccc(NC(C)=O)cc2)cc1. The first-order valence-electron chi connectivity index (χ1n) is 9.74. The zero-order valence-electron chi connectivity index (χ0n) is 16.9. The lowest BCUT2D eigenvalue weighted by Gasteiger charge is -2.23. The molecule has 2 aromatic rings. The number of benzene rings is 2. The molecule has 0 aliphatic carbocycles. The molecule has 0 aromatic heterocycles. The Morgan fingerprint density at radius 3 is 2.20 bits per heavy atom. The van der Waals surface area contributed by atoms with Crippen LogP contribution in [0.4, 0.5) is 11.4 Å². The monoisotopic (exact) mass is 431 g/mol. The minimum atomic E-state index is -3.81. The van der Waals surface area contributed by atoms with Gasteiger partial charge in [-0.15, -0.1) is 0 Å². The molecule has 2 aromatic carbocycles. The molecule has 0 bridgehead atoms. The van der Waals surface area contributed by atoms with Crippen LogP contribution in [0.5, 0.6) is 5.75 Å². The van der Waals surface area contributed by atoms with Crippen LogP contribution in [0.2, 0.25) is 0 Å². The Morgan fingerprint density at radius 2 is 1.63 bits per heavy atom. The van der Waals surface area contributed by atoms with Crippen molar-refractivity contribution >= 4 is 33.2 Å². The molecule has 1 fully saturated rings. The van der Waals surface area contributed by atoms with E-state index in [1.807, 2.05) is 6.92 Å². The van der Waals surface area contributed by atoms with E-state index in [9.17, 15) is 18.0 Å². The zero-order chi connectivity index (χ0) is 21.7. The second-order valence-electron chi connectivity index (χ2n) is 6.93. The van der Waals surface area contributed by atoms with Crippen LogP contribution in [-0.4, -0.2) is 43.7 Å². The number of hydrogen-bond acceptors (Lipinski definition) is 5. The fourth-order valence-corrected chi connectivity index (χ4v) is 5.02. The lowest BCUT2D eigenvalue weighted by Crippen LogP contribution is -2.43. The minimum Gasteiger partial charge on any atom is -0.494 e. The maximum Gasteiger partial charge on any atom is 0.243 e. The van der Waals surface area contributed by atoms with Crippen LogP contribution in [-0.2, 0) is 19.6 Å². The topological polar surface area (TPSA) is 105 Å². The second-order valence-corrected chi connectivity index (χ2v) is 8.82. The van der Waals surface area contributed by atoms with Crippen molar-refractivity contribution in [1.29, 1.82) is 0 Å². The summed E-state index contributed by atoms with van der Waals surface area (Å²) in [5.74, 6) is 0.0250. The number of amides is 2. The summed E-state index contributed by atoms with van der Waals surface area (Å²) in [6.07, 6.45) is 1.06. The standard InChI is InChI=1S/C21H25N3O5S/c1-3-29-18-10-12-19(13-11-18)30(27,28)24-14-4-5-20(24)21(26)23-17-8-6-16(7-9-17)22-15(2)25/h6-13,20H,3-5,14H2,1-2H3,(H,22,25)(H,23,26). The summed E-state index contributed by atoms with van der Waals surface area (Å²) in [6, 6.07) is 12.1. The molecule has 1 heterocycles. The van der Waals surface area contributed by atoms with Crippen LogP contribution >= 0.6 is 0 Å². The molecule has 2 N–H and O–H groups in total. The van der Waals surface area contributed by atoms with Crippen LogP contribution in [0, 0.1) is 0 Å².